The van der Waals surface area contributed by atoms with Crippen LogP contribution in [-0.2, 0) is 10.2 Å². The van der Waals surface area contributed by atoms with Gasteiger partial charge in [-0.15, -0.1) is 0 Å². The van der Waals surface area contributed by atoms with Gasteiger partial charge in [0.2, 0.25) is 0 Å². The summed E-state index contributed by atoms with van der Waals surface area (Å²) in [7, 11) is -3.28. The summed E-state index contributed by atoms with van der Waals surface area (Å²) in [4.78, 5) is 0. The quantitative estimate of drug-likeness (QED) is 0.770. The fourth-order valence-corrected chi connectivity index (χ4v) is 4.25. The van der Waals surface area contributed by atoms with Crippen LogP contribution in [0, 0.1) is 5.92 Å². The van der Waals surface area contributed by atoms with E-state index in [0.29, 0.717) is 19.0 Å². The predicted octanol–water partition coefficient (Wildman–Crippen LogP) is 0.433. The monoisotopic (exact) mass is 261 g/mol. The Balaban J connectivity index is 1.84. The second-order valence-corrected chi connectivity index (χ2v) is 7.11. The van der Waals surface area contributed by atoms with Gasteiger partial charge in [-0.25, -0.2) is 4.72 Å². The molecule has 1 saturated heterocycles. The Hall–Kier alpha value is -0.170. The van der Waals surface area contributed by atoms with Crippen LogP contribution in [0.3, 0.4) is 0 Å². The molecule has 0 spiro atoms. The Bertz CT molecular complexity index is 352. The van der Waals surface area contributed by atoms with Crippen molar-refractivity contribution >= 4 is 10.2 Å². The molecule has 0 radical (unpaired) electrons. The van der Waals surface area contributed by atoms with Gasteiger partial charge < -0.3 is 5.73 Å². The molecule has 3 N–H and O–H groups in total. The van der Waals surface area contributed by atoms with Crippen molar-refractivity contribution in [3.63, 3.8) is 0 Å². The molecule has 1 atom stereocenters. The lowest BCUT2D eigenvalue weighted by atomic mass is 9.81. The van der Waals surface area contributed by atoms with Gasteiger partial charge in [0, 0.05) is 25.2 Å². The van der Waals surface area contributed by atoms with E-state index in [-0.39, 0.29) is 12.1 Å². The second kappa shape index (κ2) is 5.22. The van der Waals surface area contributed by atoms with Gasteiger partial charge in [0.15, 0.2) is 0 Å². The number of hydrogen-bond acceptors (Lipinski definition) is 3. The standard InChI is InChI=1S/C11H23N3O2S/c1-9-4-2-3-5-14(9)17(15,16)13-8-10-6-11(12)7-10/h9-11,13H,2-8,12H2,1H3. The minimum Gasteiger partial charge on any atom is -0.328 e. The molecule has 6 heteroatoms. The van der Waals surface area contributed by atoms with E-state index in [2.05, 4.69) is 4.72 Å². The zero-order valence-electron chi connectivity index (χ0n) is 10.4. The Morgan fingerprint density at radius 2 is 2.06 bits per heavy atom. The Labute approximate surface area is 104 Å². The van der Waals surface area contributed by atoms with Crippen LogP contribution in [0.4, 0.5) is 0 Å². The molecule has 1 aliphatic carbocycles. The summed E-state index contributed by atoms with van der Waals surface area (Å²) < 4.78 is 28.5. The van der Waals surface area contributed by atoms with Crippen molar-refractivity contribution in [1.29, 1.82) is 0 Å². The highest BCUT2D eigenvalue weighted by molar-refractivity contribution is 7.87. The molecule has 2 aliphatic rings. The van der Waals surface area contributed by atoms with Crippen LogP contribution in [0.25, 0.3) is 0 Å². The summed E-state index contributed by atoms with van der Waals surface area (Å²) >= 11 is 0. The summed E-state index contributed by atoms with van der Waals surface area (Å²) in [5, 5.41) is 0. The second-order valence-electron chi connectivity index (χ2n) is 5.41. The molecule has 1 unspecified atom stereocenters. The molecule has 1 heterocycles. The van der Waals surface area contributed by atoms with Crippen LogP contribution in [-0.4, -0.2) is 37.9 Å². The molecule has 0 aromatic heterocycles. The highest BCUT2D eigenvalue weighted by atomic mass is 32.2. The van der Waals surface area contributed by atoms with Gasteiger partial charge in [-0.2, -0.15) is 12.7 Å². The number of piperidine rings is 1. The molecule has 17 heavy (non-hydrogen) atoms. The van der Waals surface area contributed by atoms with Gasteiger partial charge in [0.05, 0.1) is 0 Å². The number of rotatable bonds is 4. The average Bonchev–Trinajstić information content (AvgIpc) is 2.23. The third-order valence-electron chi connectivity index (χ3n) is 3.88. The maximum Gasteiger partial charge on any atom is 0.279 e. The number of nitrogens with zero attached hydrogens (tertiary/aromatic N) is 1. The van der Waals surface area contributed by atoms with Crippen molar-refractivity contribution in [2.45, 2.75) is 51.1 Å². The SMILES string of the molecule is CC1CCCCN1S(=O)(=O)NCC1CC(N)C1. The van der Waals surface area contributed by atoms with Crippen LogP contribution < -0.4 is 10.5 Å². The molecule has 2 fully saturated rings. The van der Waals surface area contributed by atoms with Gasteiger partial charge >= 0.3 is 0 Å². The molecule has 0 bridgehead atoms. The summed E-state index contributed by atoms with van der Waals surface area (Å²) in [6.45, 7) is 3.18. The highest BCUT2D eigenvalue weighted by Crippen LogP contribution is 2.25. The summed E-state index contributed by atoms with van der Waals surface area (Å²) in [6.07, 6.45) is 4.95. The van der Waals surface area contributed by atoms with E-state index < -0.39 is 10.2 Å². The van der Waals surface area contributed by atoms with Crippen LogP contribution >= 0.6 is 0 Å². The molecular formula is C11H23N3O2S. The molecule has 5 nitrogen and oxygen atoms in total. The van der Waals surface area contributed by atoms with Crippen LogP contribution in [0.1, 0.15) is 39.0 Å². The third kappa shape index (κ3) is 3.19. The molecule has 100 valence electrons. The number of nitrogens with one attached hydrogen (secondary N) is 1. The first-order valence-corrected chi connectivity index (χ1v) is 7.95. The van der Waals surface area contributed by atoms with Crippen molar-refractivity contribution in [1.82, 2.24) is 9.03 Å². The van der Waals surface area contributed by atoms with Crippen molar-refractivity contribution in [3.8, 4) is 0 Å². The maximum atomic E-state index is 12.1. The van der Waals surface area contributed by atoms with Gasteiger partial charge in [-0.1, -0.05) is 6.42 Å². The van der Waals surface area contributed by atoms with Crippen LogP contribution in [0.2, 0.25) is 0 Å². The molecule has 0 amide bonds. The third-order valence-corrected chi connectivity index (χ3v) is 5.57. The average molecular weight is 261 g/mol. The Morgan fingerprint density at radius 3 is 2.65 bits per heavy atom. The van der Waals surface area contributed by atoms with Gasteiger partial charge in [0.25, 0.3) is 10.2 Å². The van der Waals surface area contributed by atoms with Crippen LogP contribution in [0.15, 0.2) is 0 Å². The van der Waals surface area contributed by atoms with Crippen molar-refractivity contribution < 1.29 is 8.42 Å². The molecule has 0 aromatic carbocycles. The zero-order valence-corrected chi connectivity index (χ0v) is 11.2. The minimum atomic E-state index is -3.28. The van der Waals surface area contributed by atoms with Gasteiger partial charge in [0.1, 0.15) is 0 Å². The van der Waals surface area contributed by atoms with E-state index in [4.69, 9.17) is 5.73 Å². The highest BCUT2D eigenvalue weighted by Gasteiger charge is 2.32. The Kier molecular flexibility index (Phi) is 4.07. The van der Waals surface area contributed by atoms with E-state index in [1.165, 1.54) is 0 Å². The van der Waals surface area contributed by atoms with Gasteiger partial charge in [-0.3, -0.25) is 0 Å². The lowest BCUT2D eigenvalue weighted by Crippen LogP contribution is -2.50. The number of hydrogen-bond donors (Lipinski definition) is 2. The largest absolute Gasteiger partial charge is 0.328 e. The first kappa shape index (κ1) is 13.3. The summed E-state index contributed by atoms with van der Waals surface area (Å²) in [5.74, 6) is 0.430. The summed E-state index contributed by atoms with van der Waals surface area (Å²) in [5.41, 5.74) is 5.69. The van der Waals surface area contributed by atoms with Crippen molar-refractivity contribution in [3.05, 3.63) is 0 Å². The maximum absolute atomic E-state index is 12.1. The molecule has 1 saturated carbocycles. The van der Waals surface area contributed by atoms with E-state index >= 15 is 0 Å². The molecule has 1 aliphatic heterocycles. The lowest BCUT2D eigenvalue weighted by molar-refractivity contribution is 0.249. The van der Waals surface area contributed by atoms with Crippen molar-refractivity contribution in [2.24, 2.45) is 11.7 Å². The van der Waals surface area contributed by atoms with Crippen molar-refractivity contribution in [2.75, 3.05) is 13.1 Å². The minimum absolute atomic E-state index is 0.130. The van der Waals surface area contributed by atoms with E-state index in [1.54, 1.807) is 4.31 Å². The molecular weight excluding hydrogens is 238 g/mol. The van der Waals surface area contributed by atoms with E-state index in [9.17, 15) is 8.42 Å². The molecule has 0 aromatic rings. The predicted molar refractivity (Wildman–Crippen MR) is 67.6 cm³/mol. The van der Waals surface area contributed by atoms with E-state index in [1.807, 2.05) is 6.92 Å². The normalized spacial score (nSPS) is 35.5. The zero-order chi connectivity index (χ0) is 12.5. The van der Waals surface area contributed by atoms with Gasteiger partial charge in [-0.05, 0) is 38.5 Å². The van der Waals surface area contributed by atoms with E-state index in [0.717, 1.165) is 32.1 Å². The first-order valence-electron chi connectivity index (χ1n) is 6.51. The van der Waals surface area contributed by atoms with Crippen LogP contribution in [0.5, 0.6) is 0 Å². The summed E-state index contributed by atoms with van der Waals surface area (Å²) in [6, 6.07) is 0.406. The smallest absolute Gasteiger partial charge is 0.279 e. The fourth-order valence-electron chi connectivity index (χ4n) is 2.69. The molecule has 2 rings (SSSR count). The lowest BCUT2D eigenvalue weighted by Gasteiger charge is -2.35. The topological polar surface area (TPSA) is 75.4 Å². The fraction of sp³-hybridized carbons (Fsp3) is 1.00. The Morgan fingerprint density at radius 1 is 1.35 bits per heavy atom. The first-order chi connectivity index (χ1) is 7.99. The number of nitrogens with two attached hydrogens (primary N) is 1.